The van der Waals surface area contributed by atoms with Crippen molar-refractivity contribution < 1.29 is 5.11 Å². The van der Waals surface area contributed by atoms with Crippen LogP contribution in [0.25, 0.3) is 0 Å². The van der Waals surface area contributed by atoms with Gasteiger partial charge in [-0.2, -0.15) is 0 Å². The predicted molar refractivity (Wildman–Crippen MR) is 153 cm³/mol. The smallest absolute Gasteiger partial charge is 0.133 e. The SMILES string of the molecule is C=C1CC[C@@H]2[C@@](C)(CCC(Br)C(C)(C)Cl)[C@H](Br)CC[C@@]2(C)C1Cc1cc(Br)cc(Br)c1O. The summed E-state index contributed by atoms with van der Waals surface area (Å²) >= 11 is 21.7. The summed E-state index contributed by atoms with van der Waals surface area (Å²) < 4.78 is 1.73. The van der Waals surface area contributed by atoms with Crippen molar-refractivity contribution in [3.8, 4) is 5.75 Å². The van der Waals surface area contributed by atoms with Gasteiger partial charge in [0, 0.05) is 14.1 Å². The molecule has 3 rings (SSSR count). The molecule has 0 aliphatic heterocycles. The Labute approximate surface area is 233 Å². The number of rotatable bonds is 6. The second-order valence-electron chi connectivity index (χ2n) is 11.0. The van der Waals surface area contributed by atoms with E-state index in [9.17, 15) is 5.11 Å². The Morgan fingerprint density at radius 2 is 1.91 bits per heavy atom. The summed E-state index contributed by atoms with van der Waals surface area (Å²) in [5.74, 6) is 1.31. The molecule has 2 aliphatic rings. The van der Waals surface area contributed by atoms with E-state index in [2.05, 4.69) is 104 Å². The molecule has 0 spiro atoms. The van der Waals surface area contributed by atoms with Gasteiger partial charge in [0.25, 0.3) is 0 Å². The van der Waals surface area contributed by atoms with E-state index in [1.165, 1.54) is 24.8 Å². The van der Waals surface area contributed by atoms with Gasteiger partial charge in [0.15, 0.2) is 0 Å². The molecule has 0 aromatic heterocycles. The number of aromatic hydroxyl groups is 1. The molecule has 2 saturated carbocycles. The highest BCUT2D eigenvalue weighted by atomic mass is 79.9. The lowest BCUT2D eigenvalue weighted by Crippen LogP contribution is -2.55. The first-order chi connectivity index (χ1) is 14.7. The summed E-state index contributed by atoms with van der Waals surface area (Å²) in [5.41, 5.74) is 2.69. The summed E-state index contributed by atoms with van der Waals surface area (Å²) in [6.45, 7) is 13.7. The fourth-order valence-corrected chi connectivity index (χ4v) is 8.87. The van der Waals surface area contributed by atoms with E-state index in [1.54, 1.807) is 0 Å². The normalized spacial score (nSPS) is 34.3. The Hall–Kier alpha value is 0.970. The second kappa shape index (κ2) is 10.1. The zero-order valence-electron chi connectivity index (χ0n) is 19.5. The maximum absolute atomic E-state index is 10.8. The molecule has 2 aliphatic carbocycles. The van der Waals surface area contributed by atoms with E-state index in [0.717, 1.165) is 40.2 Å². The van der Waals surface area contributed by atoms with Crippen LogP contribution in [0.1, 0.15) is 71.8 Å². The van der Waals surface area contributed by atoms with Crippen LogP contribution in [0.2, 0.25) is 0 Å². The van der Waals surface area contributed by atoms with Gasteiger partial charge in [-0.3, -0.25) is 0 Å². The van der Waals surface area contributed by atoms with Gasteiger partial charge in [-0.15, -0.1) is 11.6 Å². The van der Waals surface area contributed by atoms with Crippen LogP contribution in [0.4, 0.5) is 0 Å². The Morgan fingerprint density at radius 1 is 1.25 bits per heavy atom. The number of phenolic OH excluding ortho intramolecular Hbond substituents is 1. The number of allylic oxidation sites excluding steroid dienone is 1. The quantitative estimate of drug-likeness (QED) is 0.229. The van der Waals surface area contributed by atoms with E-state index in [-0.39, 0.29) is 20.5 Å². The van der Waals surface area contributed by atoms with Crippen molar-refractivity contribution >= 4 is 75.3 Å². The van der Waals surface area contributed by atoms with E-state index in [4.69, 9.17) is 11.6 Å². The molecule has 0 amide bonds. The highest BCUT2D eigenvalue weighted by Gasteiger charge is 2.57. The number of phenols is 1. The van der Waals surface area contributed by atoms with Crippen molar-refractivity contribution in [2.24, 2.45) is 22.7 Å². The molecule has 2 unspecified atom stereocenters. The van der Waals surface area contributed by atoms with Gasteiger partial charge in [0.05, 0.1) is 9.35 Å². The minimum atomic E-state index is -0.259. The van der Waals surface area contributed by atoms with Crippen LogP contribution in [0.5, 0.6) is 5.75 Å². The third-order valence-electron chi connectivity index (χ3n) is 8.50. The molecule has 6 atom stereocenters. The number of alkyl halides is 3. The first kappa shape index (κ1) is 27.6. The maximum Gasteiger partial charge on any atom is 0.133 e. The fourth-order valence-electron chi connectivity index (χ4n) is 6.44. The van der Waals surface area contributed by atoms with Crippen LogP contribution in [0.3, 0.4) is 0 Å². The molecule has 0 heterocycles. The molecule has 0 bridgehead atoms. The summed E-state index contributed by atoms with van der Waals surface area (Å²) in [7, 11) is 0. The second-order valence-corrected chi connectivity index (χ2v) is 15.9. The molecule has 180 valence electrons. The van der Waals surface area contributed by atoms with Gasteiger partial charge in [0.1, 0.15) is 5.75 Å². The third kappa shape index (κ3) is 5.37. The highest BCUT2D eigenvalue weighted by molar-refractivity contribution is 9.11. The number of halogens is 5. The number of benzene rings is 1. The Bertz CT molecular complexity index is 866. The van der Waals surface area contributed by atoms with E-state index in [0.29, 0.717) is 22.4 Å². The minimum absolute atomic E-state index is 0.161. The Kier molecular flexibility index (Phi) is 8.74. The molecule has 1 nitrogen and oxygen atoms in total. The predicted octanol–water partition coefficient (Wildman–Crippen LogP) is 10.2. The van der Waals surface area contributed by atoms with E-state index >= 15 is 0 Å². The van der Waals surface area contributed by atoms with Crippen LogP contribution in [-0.2, 0) is 6.42 Å². The molecule has 0 saturated heterocycles. The number of hydrogen-bond acceptors (Lipinski definition) is 1. The Balaban J connectivity index is 1.92. The zero-order chi connectivity index (χ0) is 24.1. The van der Waals surface area contributed by atoms with Crippen molar-refractivity contribution in [3.63, 3.8) is 0 Å². The van der Waals surface area contributed by atoms with Crippen molar-refractivity contribution in [2.75, 3.05) is 0 Å². The molecule has 1 N–H and O–H groups in total. The summed E-state index contributed by atoms with van der Waals surface area (Å²) in [4.78, 5) is 0.531. The van der Waals surface area contributed by atoms with E-state index in [1.807, 2.05) is 6.07 Å². The summed E-state index contributed by atoms with van der Waals surface area (Å²) in [6.07, 6.45) is 7.63. The average molecular weight is 719 g/mol. The Morgan fingerprint density at radius 3 is 2.53 bits per heavy atom. The standard InChI is InChI=1S/C26H35Br4ClO/c1-15-6-7-20-25(4,18(15)13-16-12-17(27)14-19(28)23(16)32)10-9-22(30)26(20,5)11-8-21(29)24(2,3)31/h12,14,18,20-22,32H,1,6-11,13H2,2-5H3/t18?,20-,21?,22+,25-,26+/m0/s1. The lowest BCUT2D eigenvalue weighted by atomic mass is 9.45. The number of hydrogen-bond donors (Lipinski definition) is 1. The first-order valence-electron chi connectivity index (χ1n) is 11.5. The molecule has 0 radical (unpaired) electrons. The van der Waals surface area contributed by atoms with Gasteiger partial charge in [0.2, 0.25) is 0 Å². The summed E-state index contributed by atoms with van der Waals surface area (Å²) in [6, 6.07) is 3.97. The molecular formula is C26H35Br4ClO. The van der Waals surface area contributed by atoms with Crippen LogP contribution in [-0.4, -0.2) is 19.6 Å². The highest BCUT2D eigenvalue weighted by Crippen LogP contribution is 2.64. The van der Waals surface area contributed by atoms with E-state index < -0.39 is 0 Å². The van der Waals surface area contributed by atoms with Crippen LogP contribution < -0.4 is 0 Å². The number of fused-ring (bicyclic) bond motifs is 1. The van der Waals surface area contributed by atoms with Crippen molar-refractivity contribution in [1.82, 2.24) is 0 Å². The molecule has 6 heteroatoms. The van der Waals surface area contributed by atoms with Crippen LogP contribution in [0.15, 0.2) is 33.2 Å². The average Bonchev–Trinajstić information content (AvgIpc) is 2.69. The maximum atomic E-state index is 10.8. The monoisotopic (exact) mass is 714 g/mol. The largest absolute Gasteiger partial charge is 0.506 e. The third-order valence-corrected chi connectivity index (χ3v) is 13.2. The molecule has 32 heavy (non-hydrogen) atoms. The lowest BCUT2D eigenvalue weighted by Gasteiger charge is -2.61. The van der Waals surface area contributed by atoms with Gasteiger partial charge in [-0.05, 0) is 115 Å². The van der Waals surface area contributed by atoms with Gasteiger partial charge in [-0.25, -0.2) is 0 Å². The van der Waals surface area contributed by atoms with Crippen LogP contribution >= 0.6 is 75.3 Å². The molecular weight excluding hydrogens is 683 g/mol. The molecule has 2 fully saturated rings. The fraction of sp³-hybridized carbons (Fsp3) is 0.692. The summed E-state index contributed by atoms with van der Waals surface area (Å²) in [5, 5.41) is 10.8. The lowest BCUT2D eigenvalue weighted by molar-refractivity contribution is -0.0601. The van der Waals surface area contributed by atoms with Crippen molar-refractivity contribution in [1.29, 1.82) is 0 Å². The van der Waals surface area contributed by atoms with Crippen molar-refractivity contribution in [2.45, 2.75) is 87.2 Å². The zero-order valence-corrected chi connectivity index (χ0v) is 26.6. The van der Waals surface area contributed by atoms with Crippen molar-refractivity contribution in [3.05, 3.63) is 38.8 Å². The van der Waals surface area contributed by atoms with Gasteiger partial charge >= 0.3 is 0 Å². The van der Waals surface area contributed by atoms with Gasteiger partial charge in [-0.1, -0.05) is 73.8 Å². The minimum Gasteiger partial charge on any atom is -0.506 e. The molecule has 1 aromatic carbocycles. The first-order valence-corrected chi connectivity index (χ1v) is 15.3. The molecule has 1 aromatic rings. The topological polar surface area (TPSA) is 20.2 Å². The van der Waals surface area contributed by atoms with Crippen LogP contribution in [0, 0.1) is 22.7 Å². The van der Waals surface area contributed by atoms with Gasteiger partial charge < -0.3 is 5.11 Å².